The number of carboxylic acids is 1. The Labute approximate surface area is 220 Å². The number of amides is 3. The van der Waals surface area contributed by atoms with E-state index in [0.29, 0.717) is 23.6 Å². The van der Waals surface area contributed by atoms with Crippen molar-refractivity contribution in [3.63, 3.8) is 0 Å². The number of hydrogen-bond donors (Lipinski definition) is 4. The number of halogens is 2. The third-order valence-electron chi connectivity index (χ3n) is 5.19. The molecule has 0 aliphatic carbocycles. The fourth-order valence-electron chi connectivity index (χ4n) is 3.41. The Morgan fingerprint density at radius 1 is 1.22 bits per heavy atom. The molecule has 1 aliphatic heterocycles. The molecule has 10 nitrogen and oxygen atoms in total. The van der Waals surface area contributed by atoms with Crippen LogP contribution in [0.4, 0.5) is 10.5 Å². The summed E-state index contributed by atoms with van der Waals surface area (Å²) < 4.78 is 5.59. The number of anilines is 1. The maximum Gasteiger partial charge on any atom is 0.316 e. The van der Waals surface area contributed by atoms with Gasteiger partial charge in [-0.1, -0.05) is 42.3 Å². The second-order valence-corrected chi connectivity index (χ2v) is 8.90. The molecule has 1 aliphatic rings. The minimum Gasteiger partial charge on any atom is -0.481 e. The normalized spacial score (nSPS) is 13.8. The number of carboxylic acid groups (broad SMARTS) is 1. The number of ether oxygens (including phenoxy) is 1. The van der Waals surface area contributed by atoms with Gasteiger partial charge in [-0.15, -0.1) is 0 Å². The quantitative estimate of drug-likeness (QED) is 0.357. The van der Waals surface area contributed by atoms with Gasteiger partial charge in [0, 0.05) is 25.0 Å². The first-order valence-corrected chi connectivity index (χ1v) is 12.3. The Morgan fingerprint density at radius 3 is 2.56 bits per heavy atom. The topological polar surface area (TPSA) is 147 Å². The van der Waals surface area contributed by atoms with Crippen molar-refractivity contribution in [2.24, 2.45) is 5.73 Å². The first kappa shape index (κ1) is 29.2. The van der Waals surface area contributed by atoms with Gasteiger partial charge in [0.25, 0.3) is 5.91 Å². The second kappa shape index (κ2) is 15.1. The lowest BCUT2D eigenvalue weighted by atomic mass is 10.2. The molecule has 1 fully saturated rings. The smallest absolute Gasteiger partial charge is 0.316 e. The maximum atomic E-state index is 12.4. The number of rotatable bonds is 10. The molecule has 1 saturated heterocycles. The molecule has 1 atom stereocenters. The number of nitrogens with one attached hydrogen (secondary N) is 2. The van der Waals surface area contributed by atoms with E-state index in [9.17, 15) is 14.4 Å². The Hall–Kier alpha value is -3.08. The third-order valence-corrected chi connectivity index (χ3v) is 5.67. The average molecular weight is 540 g/mol. The number of carbonyl (C=O) groups excluding carboxylic acids is 2. The number of likely N-dealkylation sites (tertiary alicyclic amines) is 1. The van der Waals surface area contributed by atoms with Gasteiger partial charge in [-0.2, -0.15) is 0 Å². The molecule has 3 amide bonds. The number of nitrogens with zero attached hydrogens (tertiary/aromatic N) is 2. The van der Waals surface area contributed by atoms with Crippen LogP contribution in [0.3, 0.4) is 0 Å². The molecule has 1 aromatic heterocycles. The average Bonchev–Trinajstić information content (AvgIpc) is 3.35. The molecule has 0 radical (unpaired) electrons. The van der Waals surface area contributed by atoms with Crippen LogP contribution in [0.25, 0.3) is 0 Å². The molecular weight excluding hydrogens is 509 g/mol. The molecule has 1 unspecified atom stereocenters. The van der Waals surface area contributed by atoms with Crippen molar-refractivity contribution in [1.29, 1.82) is 0 Å². The van der Waals surface area contributed by atoms with Crippen LogP contribution in [0.1, 0.15) is 38.2 Å². The molecule has 1 aromatic carbocycles. The highest BCUT2D eigenvalue weighted by Gasteiger charge is 2.20. The van der Waals surface area contributed by atoms with Crippen molar-refractivity contribution in [1.82, 2.24) is 15.2 Å². The summed E-state index contributed by atoms with van der Waals surface area (Å²) in [5.74, 6) is -0.855. The van der Waals surface area contributed by atoms with Gasteiger partial charge in [-0.25, -0.2) is 9.78 Å². The largest absolute Gasteiger partial charge is 0.481 e. The minimum atomic E-state index is -0.756. The summed E-state index contributed by atoms with van der Waals surface area (Å²) in [4.78, 5) is 39.6. The molecule has 0 bridgehead atoms. The van der Waals surface area contributed by atoms with Crippen molar-refractivity contribution >= 4 is 46.8 Å². The molecule has 36 heavy (non-hydrogen) atoms. The van der Waals surface area contributed by atoms with Gasteiger partial charge in [0.2, 0.25) is 5.88 Å². The van der Waals surface area contributed by atoms with E-state index < -0.39 is 18.1 Å². The van der Waals surface area contributed by atoms with E-state index >= 15 is 0 Å². The zero-order valence-corrected chi connectivity index (χ0v) is 21.5. The monoisotopic (exact) mass is 539 g/mol. The van der Waals surface area contributed by atoms with Gasteiger partial charge in [-0.3, -0.25) is 9.59 Å². The first-order valence-electron chi connectivity index (χ1n) is 11.5. The summed E-state index contributed by atoms with van der Waals surface area (Å²) in [6, 6.07) is 7.81. The summed E-state index contributed by atoms with van der Waals surface area (Å²) in [6.45, 7) is 4.98. The predicted octanol–water partition coefficient (Wildman–Crippen LogP) is 3.91. The molecule has 196 valence electrons. The number of hydrogen-bond acceptors (Lipinski definition) is 6. The molecule has 2 aromatic rings. The highest BCUT2D eigenvalue weighted by Crippen LogP contribution is 2.25. The van der Waals surface area contributed by atoms with E-state index in [2.05, 4.69) is 20.5 Å². The van der Waals surface area contributed by atoms with E-state index in [1.807, 2.05) is 13.0 Å². The molecular formula is C24H31Cl2N5O5. The molecule has 3 rings (SSSR count). The van der Waals surface area contributed by atoms with Crippen LogP contribution >= 0.6 is 23.2 Å². The van der Waals surface area contributed by atoms with Gasteiger partial charge < -0.3 is 31.1 Å². The molecule has 5 N–H and O–H groups in total. The number of nitrogens with two attached hydrogens (primary N) is 1. The number of benzene rings is 1. The van der Waals surface area contributed by atoms with Gasteiger partial charge in [0.1, 0.15) is 5.02 Å². The van der Waals surface area contributed by atoms with Gasteiger partial charge in [-0.05, 0) is 56.1 Å². The summed E-state index contributed by atoms with van der Waals surface area (Å²) in [7, 11) is 0. The van der Waals surface area contributed by atoms with Crippen LogP contribution in [0.15, 0.2) is 36.5 Å². The zero-order valence-electron chi connectivity index (χ0n) is 20.0. The van der Waals surface area contributed by atoms with Crippen LogP contribution in [0.2, 0.25) is 10.0 Å². The number of aliphatic carboxylic acids is 1. The van der Waals surface area contributed by atoms with Crippen molar-refractivity contribution < 1.29 is 24.2 Å². The van der Waals surface area contributed by atoms with Gasteiger partial charge in [0.15, 0.2) is 6.10 Å². The molecule has 0 saturated carbocycles. The third kappa shape index (κ3) is 10.7. The fraction of sp³-hybridized carbons (Fsp3) is 0.417. The SMILES string of the molecule is CCC(Oc1ncc(Cl)cc1Cl)C(=O)NCc1cccc(NC(N)=O)c1.O=C(O)CCN1CCCC1. The van der Waals surface area contributed by atoms with Crippen molar-refractivity contribution in [2.75, 3.05) is 25.0 Å². The van der Waals surface area contributed by atoms with Crippen LogP contribution in [-0.4, -0.2) is 58.6 Å². The van der Waals surface area contributed by atoms with E-state index in [1.165, 1.54) is 25.1 Å². The highest BCUT2D eigenvalue weighted by molar-refractivity contribution is 6.35. The van der Waals surface area contributed by atoms with E-state index in [-0.39, 0.29) is 23.4 Å². The molecule has 12 heteroatoms. The van der Waals surface area contributed by atoms with Crippen molar-refractivity contribution in [2.45, 2.75) is 45.3 Å². The van der Waals surface area contributed by atoms with Crippen molar-refractivity contribution in [3.05, 3.63) is 52.1 Å². The summed E-state index contributed by atoms with van der Waals surface area (Å²) >= 11 is 11.8. The number of carbonyl (C=O) groups is 3. The van der Waals surface area contributed by atoms with Crippen LogP contribution in [-0.2, 0) is 16.1 Å². The summed E-state index contributed by atoms with van der Waals surface area (Å²) in [5, 5.41) is 14.2. The second-order valence-electron chi connectivity index (χ2n) is 8.06. The number of urea groups is 1. The van der Waals surface area contributed by atoms with E-state index in [1.54, 1.807) is 18.2 Å². The standard InChI is InChI=1S/C17H18Cl2N4O3.C7H13NO2/c1-2-14(26-16-13(19)7-11(18)9-22-16)15(24)21-8-10-4-3-5-12(6-10)23-17(20)25;9-7(10)3-6-8-4-1-2-5-8/h3-7,9,14H,2,8H2,1H3,(H,21,24)(H3,20,23,25);1-6H2,(H,9,10). The molecule has 2 heterocycles. The van der Waals surface area contributed by atoms with Crippen molar-refractivity contribution in [3.8, 4) is 5.88 Å². The van der Waals surface area contributed by atoms with E-state index in [4.69, 9.17) is 38.8 Å². The maximum absolute atomic E-state index is 12.4. The fourth-order valence-corrected chi connectivity index (χ4v) is 3.83. The highest BCUT2D eigenvalue weighted by atomic mass is 35.5. The van der Waals surface area contributed by atoms with E-state index in [0.717, 1.165) is 25.2 Å². The Balaban J connectivity index is 0.000000380. The Kier molecular flexibility index (Phi) is 12.2. The van der Waals surface area contributed by atoms with Gasteiger partial charge in [0.05, 0.1) is 11.4 Å². The number of aromatic nitrogens is 1. The number of primary amides is 1. The van der Waals surface area contributed by atoms with Crippen LogP contribution < -0.4 is 21.1 Å². The Bertz CT molecular complexity index is 1030. The van der Waals surface area contributed by atoms with Gasteiger partial charge >= 0.3 is 12.0 Å². The summed E-state index contributed by atoms with van der Waals surface area (Å²) in [6.07, 6.45) is 3.83. The lowest BCUT2D eigenvalue weighted by Gasteiger charge is -2.17. The predicted molar refractivity (Wildman–Crippen MR) is 138 cm³/mol. The lowest BCUT2D eigenvalue weighted by molar-refractivity contribution is -0.137. The minimum absolute atomic E-state index is 0.144. The lowest BCUT2D eigenvalue weighted by Crippen LogP contribution is -2.37. The summed E-state index contributed by atoms with van der Waals surface area (Å²) in [5.41, 5.74) is 6.43. The van der Waals surface area contributed by atoms with Crippen LogP contribution in [0, 0.1) is 0 Å². The first-order chi connectivity index (χ1) is 17.2. The zero-order chi connectivity index (χ0) is 26.5. The molecule has 0 spiro atoms. The number of pyridine rings is 1. The van der Waals surface area contributed by atoms with Crippen LogP contribution in [0.5, 0.6) is 5.88 Å². The Morgan fingerprint density at radius 2 is 1.94 bits per heavy atom.